The molecule has 22 heavy (non-hydrogen) atoms. The highest BCUT2D eigenvalue weighted by molar-refractivity contribution is 5.89. The number of hydrogen-bond donors (Lipinski definition) is 1. The van der Waals surface area contributed by atoms with Gasteiger partial charge >= 0.3 is 6.03 Å². The van der Waals surface area contributed by atoms with E-state index in [2.05, 4.69) is 24.3 Å². The van der Waals surface area contributed by atoms with Crippen LogP contribution < -0.4 is 5.32 Å². The minimum Gasteiger partial charge on any atom is -0.354 e. The van der Waals surface area contributed by atoms with E-state index in [1.807, 2.05) is 35.2 Å². The molecule has 0 saturated carbocycles. The first-order valence-electron chi connectivity index (χ1n) is 7.76. The second-order valence-electron chi connectivity index (χ2n) is 5.91. The van der Waals surface area contributed by atoms with Crippen LogP contribution in [0.25, 0.3) is 11.3 Å². The number of hydrogen-bond acceptors (Lipinski definition) is 3. The van der Waals surface area contributed by atoms with E-state index in [9.17, 15) is 4.79 Å². The predicted octanol–water partition coefficient (Wildman–Crippen LogP) is 4.14. The number of benzene rings is 1. The summed E-state index contributed by atoms with van der Waals surface area (Å²) in [5, 5.41) is 6.79. The Bertz CT molecular complexity index is 628. The van der Waals surface area contributed by atoms with Crippen LogP contribution in [0, 0.1) is 0 Å². The smallest absolute Gasteiger partial charge is 0.323 e. The van der Waals surface area contributed by atoms with Gasteiger partial charge in [0.2, 0.25) is 0 Å². The maximum Gasteiger partial charge on any atom is 0.323 e. The van der Waals surface area contributed by atoms with E-state index in [-0.39, 0.29) is 18.1 Å². The third kappa shape index (κ3) is 2.98. The van der Waals surface area contributed by atoms with Gasteiger partial charge in [0.15, 0.2) is 11.6 Å². The normalized spacial score (nSPS) is 21.6. The summed E-state index contributed by atoms with van der Waals surface area (Å²) in [6.07, 6.45) is 3.27. The van der Waals surface area contributed by atoms with Crippen molar-refractivity contribution in [3.63, 3.8) is 0 Å². The summed E-state index contributed by atoms with van der Waals surface area (Å²) in [4.78, 5) is 14.4. The molecule has 1 N–H and O–H groups in total. The molecule has 1 aliphatic heterocycles. The number of anilines is 1. The van der Waals surface area contributed by atoms with E-state index in [1.54, 1.807) is 6.07 Å². The number of likely N-dealkylation sites (tertiary alicyclic amines) is 1. The van der Waals surface area contributed by atoms with Crippen molar-refractivity contribution in [2.45, 2.75) is 45.2 Å². The minimum absolute atomic E-state index is 0.104. The van der Waals surface area contributed by atoms with Gasteiger partial charge in [-0.15, -0.1) is 0 Å². The molecule has 3 rings (SSSR count). The zero-order valence-corrected chi connectivity index (χ0v) is 13.0. The number of urea groups is 1. The van der Waals surface area contributed by atoms with E-state index in [0.29, 0.717) is 11.6 Å². The van der Waals surface area contributed by atoms with E-state index in [0.717, 1.165) is 18.4 Å². The Labute approximate surface area is 130 Å². The monoisotopic (exact) mass is 299 g/mol. The zero-order chi connectivity index (χ0) is 15.5. The largest absolute Gasteiger partial charge is 0.354 e. The van der Waals surface area contributed by atoms with Gasteiger partial charge < -0.3 is 9.42 Å². The standard InChI is InChI=1S/C17H21N3O2/c1-12-7-6-8-13(2)20(12)17(21)18-16-11-15(22-19-16)14-9-4-3-5-10-14/h3-5,9-13H,6-8H2,1-2H3,(H,18,19,21). The molecule has 5 nitrogen and oxygen atoms in total. The van der Waals surface area contributed by atoms with Gasteiger partial charge in [-0.1, -0.05) is 35.5 Å². The van der Waals surface area contributed by atoms with Crippen molar-refractivity contribution in [3.8, 4) is 11.3 Å². The SMILES string of the molecule is CC1CCCC(C)N1C(=O)Nc1cc(-c2ccccc2)on1. The summed E-state index contributed by atoms with van der Waals surface area (Å²) in [7, 11) is 0. The van der Waals surface area contributed by atoms with Crippen molar-refractivity contribution in [1.82, 2.24) is 10.1 Å². The van der Waals surface area contributed by atoms with Crippen molar-refractivity contribution in [1.29, 1.82) is 0 Å². The summed E-state index contributed by atoms with van der Waals surface area (Å²) in [5.41, 5.74) is 0.940. The van der Waals surface area contributed by atoms with Gasteiger partial charge in [-0.2, -0.15) is 0 Å². The van der Waals surface area contributed by atoms with Crippen molar-refractivity contribution in [3.05, 3.63) is 36.4 Å². The van der Waals surface area contributed by atoms with Gasteiger partial charge in [0.05, 0.1) is 0 Å². The van der Waals surface area contributed by atoms with Crippen LogP contribution >= 0.6 is 0 Å². The number of carbonyl (C=O) groups is 1. The second kappa shape index (κ2) is 6.22. The van der Waals surface area contributed by atoms with E-state index < -0.39 is 0 Å². The van der Waals surface area contributed by atoms with Gasteiger partial charge in [-0.05, 0) is 33.1 Å². The molecule has 0 bridgehead atoms. The molecule has 0 radical (unpaired) electrons. The van der Waals surface area contributed by atoms with Crippen molar-refractivity contribution in [2.24, 2.45) is 0 Å². The van der Waals surface area contributed by atoms with Crippen LogP contribution in [-0.4, -0.2) is 28.2 Å². The lowest BCUT2D eigenvalue weighted by Crippen LogP contribution is -2.49. The predicted molar refractivity (Wildman–Crippen MR) is 85.6 cm³/mol. The van der Waals surface area contributed by atoms with E-state index >= 15 is 0 Å². The molecule has 2 heterocycles. The lowest BCUT2D eigenvalue weighted by molar-refractivity contribution is 0.133. The van der Waals surface area contributed by atoms with Crippen LogP contribution in [0.1, 0.15) is 33.1 Å². The first-order chi connectivity index (χ1) is 10.6. The van der Waals surface area contributed by atoms with Gasteiger partial charge in [0.25, 0.3) is 0 Å². The van der Waals surface area contributed by atoms with Gasteiger partial charge in [0.1, 0.15) is 0 Å². The average molecular weight is 299 g/mol. The molecule has 0 aliphatic carbocycles. The topological polar surface area (TPSA) is 58.4 Å². The Hall–Kier alpha value is -2.30. The number of nitrogens with zero attached hydrogens (tertiary/aromatic N) is 2. The van der Waals surface area contributed by atoms with E-state index in [4.69, 9.17) is 4.52 Å². The van der Waals surface area contributed by atoms with Crippen LogP contribution in [0.5, 0.6) is 0 Å². The molecule has 1 aliphatic rings. The van der Waals surface area contributed by atoms with Gasteiger partial charge in [0, 0.05) is 23.7 Å². The maximum atomic E-state index is 12.5. The molecule has 1 aromatic heterocycles. The van der Waals surface area contributed by atoms with Crippen LogP contribution in [-0.2, 0) is 0 Å². The molecule has 2 amide bonds. The number of nitrogens with one attached hydrogen (secondary N) is 1. The van der Waals surface area contributed by atoms with Crippen LogP contribution in [0.3, 0.4) is 0 Å². The average Bonchev–Trinajstić information content (AvgIpc) is 2.96. The fraction of sp³-hybridized carbons (Fsp3) is 0.412. The molecule has 2 unspecified atom stereocenters. The lowest BCUT2D eigenvalue weighted by Gasteiger charge is -2.38. The Morgan fingerprint density at radius 1 is 1.23 bits per heavy atom. The number of aromatic nitrogens is 1. The fourth-order valence-electron chi connectivity index (χ4n) is 3.07. The molecule has 1 fully saturated rings. The minimum atomic E-state index is -0.104. The Morgan fingerprint density at radius 2 is 1.91 bits per heavy atom. The summed E-state index contributed by atoms with van der Waals surface area (Å²) in [5.74, 6) is 1.10. The molecule has 2 aromatic rings. The maximum absolute atomic E-state index is 12.5. The van der Waals surface area contributed by atoms with Crippen LogP contribution in [0.15, 0.2) is 40.9 Å². The number of rotatable bonds is 2. The first kappa shape index (κ1) is 14.6. The highest BCUT2D eigenvalue weighted by atomic mass is 16.5. The quantitative estimate of drug-likeness (QED) is 0.906. The molecular formula is C17H21N3O2. The van der Waals surface area contributed by atoms with Crippen molar-refractivity contribution >= 4 is 11.8 Å². The summed E-state index contributed by atoms with van der Waals surface area (Å²) >= 11 is 0. The molecular weight excluding hydrogens is 278 g/mol. The second-order valence-corrected chi connectivity index (χ2v) is 5.91. The third-order valence-electron chi connectivity index (χ3n) is 4.23. The molecule has 116 valence electrons. The van der Waals surface area contributed by atoms with Crippen LogP contribution in [0.4, 0.5) is 10.6 Å². The summed E-state index contributed by atoms with van der Waals surface area (Å²) < 4.78 is 5.31. The third-order valence-corrected chi connectivity index (χ3v) is 4.23. The van der Waals surface area contributed by atoms with Crippen LogP contribution in [0.2, 0.25) is 0 Å². The van der Waals surface area contributed by atoms with Gasteiger partial charge in [-0.25, -0.2) is 4.79 Å². The number of piperidine rings is 1. The zero-order valence-electron chi connectivity index (χ0n) is 13.0. The summed E-state index contributed by atoms with van der Waals surface area (Å²) in [6, 6.07) is 11.9. The Kier molecular flexibility index (Phi) is 4.13. The van der Waals surface area contributed by atoms with E-state index in [1.165, 1.54) is 6.42 Å². The number of carbonyl (C=O) groups excluding carboxylic acids is 1. The van der Waals surface area contributed by atoms with Gasteiger partial charge in [-0.3, -0.25) is 5.32 Å². The Balaban J connectivity index is 1.71. The highest BCUT2D eigenvalue weighted by Crippen LogP contribution is 2.25. The van der Waals surface area contributed by atoms with Crippen molar-refractivity contribution in [2.75, 3.05) is 5.32 Å². The molecule has 2 atom stereocenters. The molecule has 5 heteroatoms. The molecule has 1 saturated heterocycles. The van der Waals surface area contributed by atoms with Crippen molar-refractivity contribution < 1.29 is 9.32 Å². The molecule has 1 aromatic carbocycles. The first-order valence-corrected chi connectivity index (χ1v) is 7.76. The lowest BCUT2D eigenvalue weighted by atomic mass is 9.98. The Morgan fingerprint density at radius 3 is 2.59 bits per heavy atom. The molecule has 0 spiro atoms. The highest BCUT2D eigenvalue weighted by Gasteiger charge is 2.29. The summed E-state index contributed by atoms with van der Waals surface area (Å²) in [6.45, 7) is 4.18. The fourth-order valence-corrected chi connectivity index (χ4v) is 3.07. The number of amides is 2.